The second kappa shape index (κ2) is 6.05. The first-order valence-corrected chi connectivity index (χ1v) is 6.36. The van der Waals surface area contributed by atoms with E-state index in [1.54, 1.807) is 0 Å². The molecule has 0 atom stereocenters. The Bertz CT molecular complexity index is 413. The van der Waals surface area contributed by atoms with E-state index in [0.717, 1.165) is 30.7 Å². The minimum Gasteiger partial charge on any atom is -0.375 e. The van der Waals surface area contributed by atoms with Crippen molar-refractivity contribution in [2.45, 2.75) is 33.1 Å². The van der Waals surface area contributed by atoms with E-state index in [-0.39, 0.29) is 15.6 Å². The van der Waals surface area contributed by atoms with Crippen LogP contribution < -0.4 is 22.3 Å². The lowest BCUT2D eigenvalue weighted by Gasteiger charge is -2.30. The number of nitrogens with zero attached hydrogens (tertiary/aromatic N) is 2. The third-order valence-electron chi connectivity index (χ3n) is 2.62. The van der Waals surface area contributed by atoms with Crippen LogP contribution in [0.3, 0.4) is 0 Å². The molecule has 0 spiro atoms. The third-order valence-corrected chi connectivity index (χ3v) is 2.80. The van der Waals surface area contributed by atoms with Crippen LogP contribution in [0.5, 0.6) is 0 Å². The summed E-state index contributed by atoms with van der Waals surface area (Å²) in [6, 6.07) is 0. The Balaban J connectivity index is 2.87. The maximum absolute atomic E-state index is 5.36. The summed E-state index contributed by atoms with van der Waals surface area (Å²) < 4.78 is 0. The van der Waals surface area contributed by atoms with Crippen LogP contribution in [-0.4, -0.2) is 21.6 Å². The highest BCUT2D eigenvalue weighted by Gasteiger charge is 2.29. The number of nitrogens with two attached hydrogens (primary N) is 2. The van der Waals surface area contributed by atoms with Gasteiger partial charge in [0.05, 0.1) is 11.4 Å². The first kappa shape index (κ1) is 14.8. The summed E-state index contributed by atoms with van der Waals surface area (Å²) in [5, 5.41) is 8.60. The molecule has 18 heavy (non-hydrogen) atoms. The summed E-state index contributed by atoms with van der Waals surface area (Å²) in [5.41, 5.74) is 17.7. The standard InChI is InChI=1S/C10H18N6S2/c1-10(2)4-3-6(13-15-8(11)17)7(5-10)14-16-9(12)18/h3-5H2,1-2H3,(H3,11,15,17)(H3,12,16,18)/b13-6+,14-7+. The molecule has 0 unspecified atom stereocenters. The van der Waals surface area contributed by atoms with E-state index in [2.05, 4.69) is 34.9 Å². The van der Waals surface area contributed by atoms with Gasteiger partial charge in [0.2, 0.25) is 0 Å². The topological polar surface area (TPSA) is 101 Å². The molecule has 100 valence electrons. The van der Waals surface area contributed by atoms with Crippen LogP contribution >= 0.6 is 24.4 Å². The molecule has 0 saturated heterocycles. The molecule has 0 aromatic rings. The monoisotopic (exact) mass is 286 g/mol. The predicted molar refractivity (Wildman–Crippen MR) is 82.3 cm³/mol. The Morgan fingerprint density at radius 3 is 2.11 bits per heavy atom. The van der Waals surface area contributed by atoms with Gasteiger partial charge in [0.1, 0.15) is 0 Å². The molecule has 1 aliphatic rings. The molecule has 0 aromatic heterocycles. The van der Waals surface area contributed by atoms with E-state index in [1.807, 2.05) is 0 Å². The van der Waals surface area contributed by atoms with Crippen molar-refractivity contribution >= 4 is 46.1 Å². The maximum Gasteiger partial charge on any atom is 0.184 e. The van der Waals surface area contributed by atoms with E-state index in [0.29, 0.717) is 0 Å². The lowest BCUT2D eigenvalue weighted by atomic mass is 9.76. The molecule has 1 fully saturated rings. The van der Waals surface area contributed by atoms with Crippen molar-refractivity contribution in [2.75, 3.05) is 0 Å². The Morgan fingerprint density at radius 1 is 1.11 bits per heavy atom. The van der Waals surface area contributed by atoms with Crippen molar-refractivity contribution < 1.29 is 0 Å². The van der Waals surface area contributed by atoms with Crippen LogP contribution in [-0.2, 0) is 0 Å². The zero-order chi connectivity index (χ0) is 13.8. The van der Waals surface area contributed by atoms with E-state index >= 15 is 0 Å². The predicted octanol–water partition coefficient (Wildman–Crippen LogP) is 0.575. The molecule has 1 rings (SSSR count). The quantitative estimate of drug-likeness (QED) is 0.437. The highest BCUT2D eigenvalue weighted by Crippen LogP contribution is 2.32. The lowest BCUT2D eigenvalue weighted by Crippen LogP contribution is -2.36. The van der Waals surface area contributed by atoms with Crippen LogP contribution in [0.4, 0.5) is 0 Å². The van der Waals surface area contributed by atoms with Crippen LogP contribution in [0.15, 0.2) is 10.2 Å². The van der Waals surface area contributed by atoms with Gasteiger partial charge in [-0.15, -0.1) is 0 Å². The second-order valence-corrected chi connectivity index (χ2v) is 5.79. The van der Waals surface area contributed by atoms with Crippen molar-refractivity contribution in [1.82, 2.24) is 10.9 Å². The van der Waals surface area contributed by atoms with E-state index < -0.39 is 0 Å². The Labute approximate surface area is 117 Å². The minimum atomic E-state index is 0.132. The molecule has 0 aromatic carbocycles. The molecule has 0 aliphatic heterocycles. The third kappa shape index (κ3) is 4.92. The number of rotatable bonds is 2. The fourth-order valence-corrected chi connectivity index (χ4v) is 1.81. The summed E-state index contributed by atoms with van der Waals surface area (Å²) in [7, 11) is 0. The van der Waals surface area contributed by atoms with Crippen molar-refractivity contribution in [3.63, 3.8) is 0 Å². The average Bonchev–Trinajstić information content (AvgIpc) is 2.23. The van der Waals surface area contributed by atoms with Crippen molar-refractivity contribution in [3.8, 4) is 0 Å². The first-order chi connectivity index (χ1) is 8.30. The van der Waals surface area contributed by atoms with Crippen molar-refractivity contribution in [1.29, 1.82) is 0 Å². The van der Waals surface area contributed by atoms with Gasteiger partial charge in [-0.3, -0.25) is 10.9 Å². The molecule has 1 aliphatic carbocycles. The summed E-state index contributed by atoms with van der Waals surface area (Å²) in [6.45, 7) is 4.36. The molecule has 6 nitrogen and oxygen atoms in total. The smallest absolute Gasteiger partial charge is 0.184 e. The summed E-state index contributed by atoms with van der Waals surface area (Å²) in [5.74, 6) is 0. The van der Waals surface area contributed by atoms with Gasteiger partial charge in [0, 0.05) is 0 Å². The van der Waals surface area contributed by atoms with Gasteiger partial charge in [-0.25, -0.2) is 0 Å². The highest BCUT2D eigenvalue weighted by atomic mass is 32.1. The van der Waals surface area contributed by atoms with Gasteiger partial charge in [0.15, 0.2) is 10.2 Å². The van der Waals surface area contributed by atoms with Gasteiger partial charge >= 0.3 is 0 Å². The fourth-order valence-electron chi connectivity index (χ4n) is 1.71. The lowest BCUT2D eigenvalue weighted by molar-refractivity contribution is 0.350. The number of hydrazone groups is 2. The molecule has 1 saturated carbocycles. The van der Waals surface area contributed by atoms with Crippen molar-refractivity contribution in [2.24, 2.45) is 27.1 Å². The molecule has 0 radical (unpaired) electrons. The largest absolute Gasteiger partial charge is 0.375 e. The van der Waals surface area contributed by atoms with Crippen LogP contribution in [0.25, 0.3) is 0 Å². The Hall–Kier alpha value is -1.28. The van der Waals surface area contributed by atoms with E-state index in [1.165, 1.54) is 0 Å². The highest BCUT2D eigenvalue weighted by molar-refractivity contribution is 7.80. The normalized spacial score (nSPS) is 22.8. The van der Waals surface area contributed by atoms with Crippen LogP contribution in [0.2, 0.25) is 0 Å². The van der Waals surface area contributed by atoms with E-state index in [9.17, 15) is 0 Å². The number of nitrogens with one attached hydrogen (secondary N) is 2. The molecule has 0 heterocycles. The molecular formula is C10H18N6S2. The van der Waals surface area contributed by atoms with E-state index in [4.69, 9.17) is 35.9 Å². The number of thiocarbonyl (C=S) groups is 2. The fraction of sp³-hybridized carbons (Fsp3) is 0.600. The Kier molecular flexibility index (Phi) is 4.97. The summed E-state index contributed by atoms with van der Waals surface area (Å²) in [4.78, 5) is 0. The molecule has 0 amide bonds. The first-order valence-electron chi connectivity index (χ1n) is 5.54. The Morgan fingerprint density at radius 2 is 1.61 bits per heavy atom. The summed E-state index contributed by atoms with van der Waals surface area (Å²) in [6.07, 6.45) is 2.62. The number of hydrogen-bond donors (Lipinski definition) is 4. The average molecular weight is 286 g/mol. The van der Waals surface area contributed by atoms with Crippen molar-refractivity contribution in [3.05, 3.63) is 0 Å². The second-order valence-electron chi connectivity index (χ2n) is 4.91. The van der Waals surface area contributed by atoms with Gasteiger partial charge in [-0.05, 0) is 49.1 Å². The summed E-state index contributed by atoms with van der Waals surface area (Å²) >= 11 is 9.45. The maximum atomic E-state index is 5.36. The molecular weight excluding hydrogens is 268 g/mol. The van der Waals surface area contributed by atoms with Gasteiger partial charge in [0.25, 0.3) is 0 Å². The number of hydrogen-bond acceptors (Lipinski definition) is 4. The molecule has 0 bridgehead atoms. The molecule has 8 heteroatoms. The SMILES string of the molecule is CC1(C)CCC(=N\NC(N)=S)/C(=N/NC(N)=S)C1. The molecule has 6 N–H and O–H groups in total. The zero-order valence-corrected chi connectivity index (χ0v) is 12.1. The van der Waals surface area contributed by atoms with Gasteiger partial charge in [-0.1, -0.05) is 13.8 Å². The van der Waals surface area contributed by atoms with Crippen LogP contribution in [0, 0.1) is 5.41 Å². The van der Waals surface area contributed by atoms with Gasteiger partial charge < -0.3 is 11.5 Å². The van der Waals surface area contributed by atoms with Gasteiger partial charge in [-0.2, -0.15) is 10.2 Å². The zero-order valence-electron chi connectivity index (χ0n) is 10.5. The minimum absolute atomic E-state index is 0.132. The van der Waals surface area contributed by atoms with Crippen LogP contribution in [0.1, 0.15) is 33.1 Å².